The summed E-state index contributed by atoms with van der Waals surface area (Å²) in [7, 11) is 2.15. The van der Waals surface area contributed by atoms with E-state index in [0.29, 0.717) is 29.6 Å². The predicted molar refractivity (Wildman–Crippen MR) is 140 cm³/mol. The molecule has 3 aliphatic carbocycles. The fourth-order valence-electron chi connectivity index (χ4n) is 6.12. The highest BCUT2D eigenvalue weighted by Crippen LogP contribution is 2.38. The average Bonchev–Trinajstić information content (AvgIpc) is 3.73. The molecule has 5 rings (SSSR count). The van der Waals surface area contributed by atoms with Crippen molar-refractivity contribution in [1.29, 1.82) is 0 Å². The van der Waals surface area contributed by atoms with E-state index < -0.39 is 28.8 Å². The van der Waals surface area contributed by atoms with E-state index in [2.05, 4.69) is 39.3 Å². The standard InChI is InChI=1S/C29H37F3N4O2/c1-35-13-14-36(18-26(35)21-10-11-21)25-12-9-20(8-7-19-5-3-2-4-6-19)15-24(25)34-28(38)22-17-33-27(37)16-23(22)29(30,31)32/h8,12,15-17,19,21,26H,2-7,9-11,13-14,18H2,1H3,(H,33,37)(H,34,38)/t26-/m1/s1. The van der Waals surface area contributed by atoms with Crippen LogP contribution in [0.1, 0.15) is 73.7 Å². The molecule has 9 heteroatoms. The van der Waals surface area contributed by atoms with Crippen molar-refractivity contribution >= 4 is 5.91 Å². The highest BCUT2D eigenvalue weighted by molar-refractivity contribution is 5.97. The highest BCUT2D eigenvalue weighted by atomic mass is 19.4. The Hall–Kier alpha value is -2.81. The number of pyridine rings is 1. The van der Waals surface area contributed by atoms with Crippen LogP contribution in [0.15, 0.2) is 52.3 Å². The first-order valence-electron chi connectivity index (χ1n) is 13.9. The lowest BCUT2D eigenvalue weighted by atomic mass is 9.86. The van der Waals surface area contributed by atoms with Crippen molar-refractivity contribution in [3.8, 4) is 0 Å². The summed E-state index contributed by atoms with van der Waals surface area (Å²) >= 11 is 0. The largest absolute Gasteiger partial charge is 0.417 e. The first-order valence-corrected chi connectivity index (χ1v) is 13.9. The van der Waals surface area contributed by atoms with Gasteiger partial charge >= 0.3 is 6.18 Å². The molecule has 1 aromatic heterocycles. The minimum atomic E-state index is -4.82. The topological polar surface area (TPSA) is 68.4 Å². The Bertz CT molecular complexity index is 1190. The van der Waals surface area contributed by atoms with Crippen LogP contribution in [0, 0.1) is 11.8 Å². The minimum absolute atomic E-state index is 0.431. The molecule has 0 aromatic carbocycles. The zero-order valence-corrected chi connectivity index (χ0v) is 21.9. The third kappa shape index (κ3) is 6.25. The van der Waals surface area contributed by atoms with Gasteiger partial charge in [-0.2, -0.15) is 13.2 Å². The Morgan fingerprint density at radius 1 is 1.16 bits per heavy atom. The van der Waals surface area contributed by atoms with Crippen molar-refractivity contribution in [2.24, 2.45) is 11.8 Å². The van der Waals surface area contributed by atoms with Gasteiger partial charge in [0.2, 0.25) is 5.56 Å². The Balaban J connectivity index is 1.41. The molecule has 0 radical (unpaired) electrons. The van der Waals surface area contributed by atoms with Crippen LogP contribution in [0.3, 0.4) is 0 Å². The number of H-pyrrole nitrogens is 1. The van der Waals surface area contributed by atoms with E-state index in [1.54, 1.807) is 0 Å². The normalized spacial score (nSPS) is 24.8. The number of carbonyl (C=O) groups excluding carboxylic acids is 1. The number of likely N-dealkylation sites (N-methyl/N-ethyl adjacent to an activating group) is 1. The second kappa shape index (κ2) is 11.1. The number of nitrogens with one attached hydrogen (secondary N) is 2. The molecule has 1 saturated heterocycles. The molecule has 0 unspecified atom stereocenters. The number of hydrogen-bond acceptors (Lipinski definition) is 4. The van der Waals surface area contributed by atoms with E-state index in [-0.39, 0.29) is 0 Å². The van der Waals surface area contributed by atoms with E-state index in [1.165, 1.54) is 44.9 Å². The molecule has 2 N–H and O–H groups in total. The number of alkyl halides is 3. The maximum atomic E-state index is 13.7. The SMILES string of the molecule is CN1CCN(C2=CCC(=CCC3CCCCC3)C=C2NC(=O)c2c[nH]c(=O)cc2C(F)(F)F)C[C@@H]1C1CC1. The van der Waals surface area contributed by atoms with Crippen LogP contribution in [0.2, 0.25) is 0 Å². The number of halogens is 3. The van der Waals surface area contributed by atoms with Crippen LogP contribution in [-0.4, -0.2) is 53.4 Å². The van der Waals surface area contributed by atoms with Crippen molar-refractivity contribution in [2.75, 3.05) is 26.7 Å². The molecule has 0 bridgehead atoms. The molecule has 2 heterocycles. The number of aromatic amines is 1. The number of rotatable bonds is 6. The van der Waals surface area contributed by atoms with Gasteiger partial charge in [0.1, 0.15) is 0 Å². The maximum absolute atomic E-state index is 13.7. The molecule has 3 fully saturated rings. The van der Waals surface area contributed by atoms with Gasteiger partial charge in [0.25, 0.3) is 5.91 Å². The molecule has 1 aliphatic heterocycles. The van der Waals surface area contributed by atoms with Gasteiger partial charge in [-0.15, -0.1) is 0 Å². The number of nitrogens with zero attached hydrogens (tertiary/aromatic N) is 2. The molecule has 1 atom stereocenters. The van der Waals surface area contributed by atoms with Crippen molar-refractivity contribution in [2.45, 2.75) is 70.0 Å². The van der Waals surface area contributed by atoms with Gasteiger partial charge in [-0.1, -0.05) is 44.3 Å². The van der Waals surface area contributed by atoms with Crippen LogP contribution in [0.4, 0.5) is 13.2 Å². The highest BCUT2D eigenvalue weighted by Gasteiger charge is 2.39. The summed E-state index contributed by atoms with van der Waals surface area (Å²) in [5.74, 6) is 0.461. The zero-order valence-electron chi connectivity index (χ0n) is 21.9. The Morgan fingerprint density at radius 2 is 1.92 bits per heavy atom. The summed E-state index contributed by atoms with van der Waals surface area (Å²) in [5, 5.41) is 2.79. The number of amides is 1. The summed E-state index contributed by atoms with van der Waals surface area (Å²) in [4.78, 5) is 31.7. The molecule has 38 heavy (non-hydrogen) atoms. The zero-order chi connectivity index (χ0) is 26.9. The number of aromatic nitrogens is 1. The molecule has 0 spiro atoms. The van der Waals surface area contributed by atoms with Gasteiger partial charge in [-0.05, 0) is 56.2 Å². The van der Waals surface area contributed by atoms with E-state index in [1.807, 2.05) is 6.08 Å². The lowest BCUT2D eigenvalue weighted by molar-refractivity contribution is -0.138. The second-order valence-corrected chi connectivity index (χ2v) is 11.3. The Labute approximate surface area is 221 Å². The summed E-state index contributed by atoms with van der Waals surface area (Å²) in [6.45, 7) is 2.50. The third-order valence-corrected chi connectivity index (χ3v) is 8.50. The first-order chi connectivity index (χ1) is 18.2. The number of piperazine rings is 1. The molecule has 4 aliphatic rings. The van der Waals surface area contributed by atoms with Crippen LogP contribution in [0.25, 0.3) is 0 Å². The molecule has 2 saturated carbocycles. The van der Waals surface area contributed by atoms with Crippen molar-refractivity contribution < 1.29 is 18.0 Å². The molecular formula is C29H37F3N4O2. The first kappa shape index (κ1) is 26.8. The summed E-state index contributed by atoms with van der Waals surface area (Å²) in [6, 6.07) is 0.873. The molecular weight excluding hydrogens is 493 g/mol. The lowest BCUT2D eigenvalue weighted by Crippen LogP contribution is -2.52. The quantitative estimate of drug-likeness (QED) is 0.530. The van der Waals surface area contributed by atoms with Crippen LogP contribution in [-0.2, 0) is 6.18 Å². The third-order valence-electron chi connectivity index (χ3n) is 8.50. The van der Waals surface area contributed by atoms with Gasteiger partial charge in [-0.25, -0.2) is 0 Å². The summed E-state index contributed by atoms with van der Waals surface area (Å²) < 4.78 is 41.0. The summed E-state index contributed by atoms with van der Waals surface area (Å²) in [5.41, 5.74) is -0.269. The molecule has 1 aromatic rings. The Morgan fingerprint density at radius 3 is 2.63 bits per heavy atom. The predicted octanol–water partition coefficient (Wildman–Crippen LogP) is 5.22. The van der Waals surface area contributed by atoms with Crippen LogP contribution >= 0.6 is 0 Å². The van der Waals surface area contributed by atoms with Crippen LogP contribution < -0.4 is 10.9 Å². The van der Waals surface area contributed by atoms with E-state index in [0.717, 1.165) is 49.9 Å². The second-order valence-electron chi connectivity index (χ2n) is 11.3. The average molecular weight is 531 g/mol. The number of allylic oxidation sites excluding steroid dienone is 4. The van der Waals surface area contributed by atoms with E-state index in [4.69, 9.17) is 0 Å². The van der Waals surface area contributed by atoms with Crippen molar-refractivity contribution in [3.05, 3.63) is 68.9 Å². The fourth-order valence-corrected chi connectivity index (χ4v) is 6.12. The maximum Gasteiger partial charge on any atom is 0.417 e. The molecule has 6 nitrogen and oxygen atoms in total. The smallest absolute Gasteiger partial charge is 0.367 e. The lowest BCUT2D eigenvalue weighted by Gasteiger charge is -2.43. The molecule has 206 valence electrons. The summed E-state index contributed by atoms with van der Waals surface area (Å²) in [6.07, 6.45) is 12.7. The van der Waals surface area contributed by atoms with Gasteiger partial charge < -0.3 is 15.2 Å². The van der Waals surface area contributed by atoms with E-state index >= 15 is 0 Å². The monoisotopic (exact) mass is 530 g/mol. The number of hydrogen-bond donors (Lipinski definition) is 2. The minimum Gasteiger partial charge on any atom is -0.367 e. The van der Waals surface area contributed by atoms with Gasteiger partial charge in [-0.3, -0.25) is 14.5 Å². The van der Waals surface area contributed by atoms with Crippen LogP contribution in [0.5, 0.6) is 0 Å². The molecule has 1 amide bonds. The van der Waals surface area contributed by atoms with Crippen molar-refractivity contribution in [3.63, 3.8) is 0 Å². The van der Waals surface area contributed by atoms with E-state index in [9.17, 15) is 22.8 Å². The van der Waals surface area contributed by atoms with Crippen molar-refractivity contribution in [1.82, 2.24) is 20.1 Å². The van der Waals surface area contributed by atoms with Gasteiger partial charge in [0, 0.05) is 37.9 Å². The van der Waals surface area contributed by atoms with Gasteiger partial charge in [0.05, 0.1) is 22.5 Å². The number of carbonyl (C=O) groups is 1. The van der Waals surface area contributed by atoms with Gasteiger partial charge in [0.15, 0.2) is 0 Å². The Kier molecular flexibility index (Phi) is 7.84. The fraction of sp³-hybridized carbons (Fsp3) is 0.586.